The predicted molar refractivity (Wildman–Crippen MR) is 36.6 cm³/mol. The molecule has 8 nitrogen and oxygen atoms in total. The predicted octanol–water partition coefficient (Wildman–Crippen LogP) is -2.99. The quantitative estimate of drug-likeness (QED) is 0.361. The van der Waals surface area contributed by atoms with Crippen LogP contribution < -0.4 is 0 Å². The number of aliphatic hydroxyl groups excluding tert-OH is 3. The SMILES string of the molecule is O=C(O)C(O)C(O)[C@H]1OOC(=O)[C@H]1O. The average Bonchev–Trinajstić information content (AvgIpc) is 2.45. The summed E-state index contributed by atoms with van der Waals surface area (Å²) < 4.78 is 0. The molecular weight excluding hydrogens is 200 g/mol. The van der Waals surface area contributed by atoms with Crippen molar-refractivity contribution in [2.45, 2.75) is 24.4 Å². The van der Waals surface area contributed by atoms with Gasteiger partial charge in [-0.1, -0.05) is 0 Å². The van der Waals surface area contributed by atoms with Gasteiger partial charge >= 0.3 is 11.9 Å². The number of carboxylic acid groups (broad SMARTS) is 1. The van der Waals surface area contributed by atoms with Crippen LogP contribution in [0.25, 0.3) is 0 Å². The van der Waals surface area contributed by atoms with Gasteiger partial charge in [-0.15, -0.1) is 0 Å². The number of carbonyl (C=O) groups excluding carboxylic acids is 1. The minimum absolute atomic E-state index is 1.15. The summed E-state index contributed by atoms with van der Waals surface area (Å²) in [6.07, 6.45) is -7.52. The third-order valence-corrected chi connectivity index (χ3v) is 1.71. The van der Waals surface area contributed by atoms with E-state index in [9.17, 15) is 9.59 Å². The van der Waals surface area contributed by atoms with E-state index in [1.54, 1.807) is 0 Å². The molecule has 4 atom stereocenters. The van der Waals surface area contributed by atoms with Gasteiger partial charge in [0.25, 0.3) is 0 Å². The van der Waals surface area contributed by atoms with Crippen LogP contribution in [0.1, 0.15) is 0 Å². The first-order valence-corrected chi connectivity index (χ1v) is 3.59. The lowest BCUT2D eigenvalue weighted by Gasteiger charge is -2.18. The summed E-state index contributed by atoms with van der Waals surface area (Å²) in [6, 6.07) is 0. The van der Waals surface area contributed by atoms with E-state index in [4.69, 9.17) is 20.4 Å². The van der Waals surface area contributed by atoms with Crippen molar-refractivity contribution in [3.05, 3.63) is 0 Å². The third-order valence-electron chi connectivity index (χ3n) is 1.71. The zero-order valence-electron chi connectivity index (χ0n) is 6.73. The molecule has 0 amide bonds. The maximum absolute atomic E-state index is 10.5. The van der Waals surface area contributed by atoms with E-state index < -0.39 is 36.4 Å². The highest BCUT2D eigenvalue weighted by atomic mass is 17.2. The molecule has 1 aliphatic heterocycles. The van der Waals surface area contributed by atoms with Gasteiger partial charge in [0.05, 0.1) is 0 Å². The summed E-state index contributed by atoms with van der Waals surface area (Å²) in [5.74, 6) is -2.85. The standard InChI is InChI=1S/C6H8O8/c7-1(2(8)5(10)11)4-3(9)6(12)14-13-4/h1-4,7-9H,(H,10,11)/t1?,2?,3-,4+/m0/s1. The smallest absolute Gasteiger partial charge is 0.373 e. The summed E-state index contributed by atoms with van der Waals surface area (Å²) in [7, 11) is 0. The minimum Gasteiger partial charge on any atom is -0.479 e. The average molecular weight is 208 g/mol. The molecule has 0 aromatic heterocycles. The van der Waals surface area contributed by atoms with Crippen LogP contribution in [0.15, 0.2) is 0 Å². The first kappa shape index (κ1) is 10.9. The largest absolute Gasteiger partial charge is 0.479 e. The molecule has 1 fully saturated rings. The van der Waals surface area contributed by atoms with E-state index in [1.165, 1.54) is 0 Å². The number of carboxylic acids is 1. The van der Waals surface area contributed by atoms with Crippen molar-refractivity contribution < 1.29 is 39.8 Å². The van der Waals surface area contributed by atoms with Crippen LogP contribution in [0.3, 0.4) is 0 Å². The molecule has 0 bridgehead atoms. The molecule has 0 aromatic rings. The molecule has 0 radical (unpaired) electrons. The highest BCUT2D eigenvalue weighted by Gasteiger charge is 2.46. The molecule has 1 heterocycles. The van der Waals surface area contributed by atoms with Crippen LogP contribution in [-0.4, -0.2) is 56.8 Å². The molecule has 0 saturated carbocycles. The molecular formula is C6H8O8. The number of aliphatic carboxylic acids is 1. The number of aliphatic hydroxyl groups is 3. The van der Waals surface area contributed by atoms with Gasteiger partial charge < -0.3 is 20.4 Å². The topological polar surface area (TPSA) is 134 Å². The van der Waals surface area contributed by atoms with Crippen LogP contribution >= 0.6 is 0 Å². The van der Waals surface area contributed by atoms with Gasteiger partial charge in [-0.2, -0.15) is 4.89 Å². The molecule has 0 aliphatic carbocycles. The van der Waals surface area contributed by atoms with E-state index in [-0.39, 0.29) is 0 Å². The van der Waals surface area contributed by atoms with Crippen molar-refractivity contribution in [2.75, 3.05) is 0 Å². The molecule has 14 heavy (non-hydrogen) atoms. The van der Waals surface area contributed by atoms with E-state index in [1.807, 2.05) is 0 Å². The fourth-order valence-electron chi connectivity index (χ4n) is 0.908. The molecule has 80 valence electrons. The minimum atomic E-state index is -2.16. The van der Waals surface area contributed by atoms with E-state index >= 15 is 0 Å². The van der Waals surface area contributed by atoms with Gasteiger partial charge in [0.1, 0.15) is 6.10 Å². The van der Waals surface area contributed by atoms with Crippen molar-refractivity contribution in [3.8, 4) is 0 Å². The fourth-order valence-corrected chi connectivity index (χ4v) is 0.908. The van der Waals surface area contributed by atoms with Crippen LogP contribution in [0.4, 0.5) is 0 Å². The maximum Gasteiger partial charge on any atom is 0.373 e. The Morgan fingerprint density at radius 2 is 2.00 bits per heavy atom. The fraction of sp³-hybridized carbons (Fsp3) is 0.667. The van der Waals surface area contributed by atoms with Crippen molar-refractivity contribution >= 4 is 11.9 Å². The Labute approximate surface area is 77.2 Å². The number of rotatable bonds is 3. The second kappa shape index (κ2) is 3.88. The van der Waals surface area contributed by atoms with Gasteiger partial charge in [0, 0.05) is 0 Å². The van der Waals surface area contributed by atoms with Crippen LogP contribution in [0.2, 0.25) is 0 Å². The van der Waals surface area contributed by atoms with E-state index in [0.29, 0.717) is 0 Å². The van der Waals surface area contributed by atoms with Gasteiger partial charge in [-0.3, -0.25) is 4.89 Å². The Morgan fingerprint density at radius 3 is 2.36 bits per heavy atom. The molecule has 0 aromatic carbocycles. The second-order valence-corrected chi connectivity index (χ2v) is 2.68. The summed E-state index contributed by atoms with van der Waals surface area (Å²) in [6.45, 7) is 0. The summed E-state index contributed by atoms with van der Waals surface area (Å²) in [5.41, 5.74) is 0. The Balaban J connectivity index is 2.66. The Morgan fingerprint density at radius 1 is 1.43 bits per heavy atom. The highest BCUT2D eigenvalue weighted by Crippen LogP contribution is 2.17. The monoisotopic (exact) mass is 208 g/mol. The molecule has 4 N–H and O–H groups in total. The Hall–Kier alpha value is -1.22. The molecule has 1 saturated heterocycles. The van der Waals surface area contributed by atoms with Gasteiger partial charge in [-0.05, 0) is 0 Å². The normalized spacial score (nSPS) is 30.9. The first-order valence-electron chi connectivity index (χ1n) is 3.59. The van der Waals surface area contributed by atoms with E-state index in [0.717, 1.165) is 0 Å². The molecule has 8 heteroatoms. The van der Waals surface area contributed by atoms with E-state index in [2.05, 4.69) is 9.78 Å². The molecule has 1 aliphatic rings. The van der Waals surface area contributed by atoms with Crippen LogP contribution in [0.5, 0.6) is 0 Å². The van der Waals surface area contributed by atoms with Crippen molar-refractivity contribution in [1.82, 2.24) is 0 Å². The van der Waals surface area contributed by atoms with Gasteiger partial charge in [0.2, 0.25) is 0 Å². The van der Waals surface area contributed by atoms with Crippen molar-refractivity contribution in [3.63, 3.8) is 0 Å². The number of hydrogen-bond donors (Lipinski definition) is 4. The number of carbonyl (C=O) groups is 2. The van der Waals surface area contributed by atoms with Gasteiger partial charge in [-0.25, -0.2) is 9.59 Å². The lowest BCUT2D eigenvalue weighted by Crippen LogP contribution is -2.47. The molecule has 1 rings (SSSR count). The molecule has 2 unspecified atom stereocenters. The summed E-state index contributed by atoms with van der Waals surface area (Å²) >= 11 is 0. The third kappa shape index (κ3) is 1.82. The van der Waals surface area contributed by atoms with Crippen molar-refractivity contribution in [1.29, 1.82) is 0 Å². The summed E-state index contributed by atoms with van der Waals surface area (Å²) in [5, 5.41) is 35.3. The molecule has 0 spiro atoms. The first-order chi connectivity index (χ1) is 6.45. The van der Waals surface area contributed by atoms with Crippen molar-refractivity contribution in [2.24, 2.45) is 0 Å². The number of hydrogen-bond acceptors (Lipinski definition) is 7. The Kier molecular flexibility index (Phi) is 3.01. The van der Waals surface area contributed by atoms with Crippen LogP contribution in [0, 0.1) is 0 Å². The zero-order valence-corrected chi connectivity index (χ0v) is 6.73. The van der Waals surface area contributed by atoms with Crippen LogP contribution in [-0.2, 0) is 19.4 Å². The second-order valence-electron chi connectivity index (χ2n) is 2.68. The lowest BCUT2D eigenvalue weighted by molar-refractivity contribution is -0.281. The Bertz CT molecular complexity index is 250. The highest BCUT2D eigenvalue weighted by molar-refractivity contribution is 5.77. The lowest BCUT2D eigenvalue weighted by atomic mass is 10.0. The maximum atomic E-state index is 10.5. The summed E-state index contributed by atoms with van der Waals surface area (Å²) in [4.78, 5) is 28.8. The zero-order chi connectivity index (χ0) is 10.9. The van der Waals surface area contributed by atoms with Gasteiger partial charge in [0.15, 0.2) is 18.3 Å².